The molecule has 3 aromatic rings. The predicted octanol–water partition coefficient (Wildman–Crippen LogP) is 4.31. The molecule has 0 spiro atoms. The number of aromatic nitrogens is 2. The van der Waals surface area contributed by atoms with Gasteiger partial charge >= 0.3 is 0 Å². The van der Waals surface area contributed by atoms with Gasteiger partial charge in [-0.25, -0.2) is 4.68 Å². The average molecular weight is 479 g/mol. The first kappa shape index (κ1) is 19.4. The van der Waals surface area contributed by atoms with Gasteiger partial charge in [0, 0.05) is 33.9 Å². The second-order valence-electron chi connectivity index (χ2n) is 6.66. The van der Waals surface area contributed by atoms with Crippen LogP contribution in [0.25, 0.3) is 0 Å². The lowest BCUT2D eigenvalue weighted by Gasteiger charge is -2.31. The highest BCUT2D eigenvalue weighted by molar-refractivity contribution is 9.10. The van der Waals surface area contributed by atoms with Gasteiger partial charge in [-0.1, -0.05) is 6.07 Å². The van der Waals surface area contributed by atoms with Gasteiger partial charge in [0.25, 0.3) is 5.91 Å². The molecule has 1 atom stereocenters. The number of carbonyl (C=O) groups is 2. The highest BCUT2D eigenvalue weighted by Crippen LogP contribution is 2.24. The van der Waals surface area contributed by atoms with Gasteiger partial charge in [-0.15, -0.1) is 22.7 Å². The first-order chi connectivity index (χ1) is 13.6. The molecule has 2 amide bonds. The molecule has 4 heterocycles. The third-order valence-electron chi connectivity index (χ3n) is 4.71. The van der Waals surface area contributed by atoms with Crippen LogP contribution in [0.3, 0.4) is 0 Å². The van der Waals surface area contributed by atoms with Crippen LogP contribution in [0.1, 0.15) is 27.4 Å². The van der Waals surface area contributed by atoms with Crippen LogP contribution in [0.15, 0.2) is 45.7 Å². The van der Waals surface area contributed by atoms with Gasteiger partial charge in [0.2, 0.25) is 5.91 Å². The van der Waals surface area contributed by atoms with Crippen molar-refractivity contribution in [3.05, 3.63) is 55.4 Å². The van der Waals surface area contributed by atoms with Crippen LogP contribution in [0, 0.1) is 5.92 Å². The molecule has 4 rings (SSSR count). The number of hydrogen-bond acceptors (Lipinski definition) is 5. The topological polar surface area (TPSA) is 67.2 Å². The molecule has 0 aromatic carbocycles. The Morgan fingerprint density at radius 1 is 1.32 bits per heavy atom. The molecule has 1 N–H and O–H groups in total. The van der Waals surface area contributed by atoms with E-state index in [9.17, 15) is 9.59 Å². The Morgan fingerprint density at radius 3 is 2.96 bits per heavy atom. The molecule has 28 heavy (non-hydrogen) atoms. The third kappa shape index (κ3) is 4.37. The molecule has 0 unspecified atom stereocenters. The number of amides is 2. The van der Waals surface area contributed by atoms with Crippen LogP contribution in [0.5, 0.6) is 0 Å². The van der Waals surface area contributed by atoms with Gasteiger partial charge in [0.05, 0.1) is 23.5 Å². The van der Waals surface area contributed by atoms with Gasteiger partial charge in [-0.3, -0.25) is 9.59 Å². The quantitative estimate of drug-likeness (QED) is 0.593. The average Bonchev–Trinajstić information content (AvgIpc) is 3.45. The smallest absolute Gasteiger partial charge is 0.263 e. The third-order valence-corrected chi connectivity index (χ3v) is 7.25. The van der Waals surface area contributed by atoms with Crippen LogP contribution >= 0.6 is 38.6 Å². The summed E-state index contributed by atoms with van der Waals surface area (Å²) >= 11 is 6.54. The summed E-state index contributed by atoms with van der Waals surface area (Å²) in [6, 6.07) is 7.56. The lowest BCUT2D eigenvalue weighted by molar-refractivity contribution is -0.121. The van der Waals surface area contributed by atoms with Crippen molar-refractivity contribution in [2.24, 2.45) is 5.92 Å². The largest absolute Gasteiger partial charge is 0.337 e. The van der Waals surface area contributed by atoms with E-state index in [1.807, 2.05) is 29.0 Å². The van der Waals surface area contributed by atoms with Crippen molar-refractivity contribution in [1.82, 2.24) is 14.7 Å². The monoisotopic (exact) mass is 478 g/mol. The standard InChI is InChI=1S/C19H19BrN4O2S2/c20-14-9-15(28-12-14)11-24-17(5-6-21-24)22-18(25)13-3-1-7-23(10-13)19(26)16-4-2-8-27-16/h2,4-6,8-9,12-13H,1,3,7,10-11H2,(H,22,25)/t13-/m1/s1. The number of likely N-dealkylation sites (tertiary alicyclic amines) is 1. The lowest BCUT2D eigenvalue weighted by Crippen LogP contribution is -2.43. The van der Waals surface area contributed by atoms with E-state index in [4.69, 9.17) is 0 Å². The second kappa shape index (κ2) is 8.59. The number of nitrogens with zero attached hydrogens (tertiary/aromatic N) is 3. The summed E-state index contributed by atoms with van der Waals surface area (Å²) in [5.41, 5.74) is 0. The van der Waals surface area contributed by atoms with Crippen molar-refractivity contribution in [2.75, 3.05) is 18.4 Å². The molecule has 1 saturated heterocycles. The Bertz CT molecular complexity index is 966. The number of piperidine rings is 1. The summed E-state index contributed by atoms with van der Waals surface area (Å²) in [4.78, 5) is 29.1. The summed E-state index contributed by atoms with van der Waals surface area (Å²) in [7, 11) is 0. The maximum atomic E-state index is 12.8. The molecular weight excluding hydrogens is 460 g/mol. The molecule has 0 aliphatic carbocycles. The fraction of sp³-hybridized carbons (Fsp3) is 0.316. The number of hydrogen-bond donors (Lipinski definition) is 1. The van der Waals surface area contributed by atoms with Crippen LogP contribution in [-0.4, -0.2) is 39.6 Å². The Hall–Kier alpha value is -1.97. The molecule has 6 nitrogen and oxygen atoms in total. The van der Waals surface area contributed by atoms with Gasteiger partial charge < -0.3 is 10.2 Å². The number of nitrogens with one attached hydrogen (secondary N) is 1. The fourth-order valence-corrected chi connectivity index (χ4v) is 5.43. The molecule has 1 aliphatic heterocycles. The Kier molecular flexibility index (Phi) is 5.93. The van der Waals surface area contributed by atoms with E-state index in [-0.39, 0.29) is 17.7 Å². The van der Waals surface area contributed by atoms with E-state index in [2.05, 4.69) is 26.3 Å². The van der Waals surface area contributed by atoms with Crippen LogP contribution in [0.4, 0.5) is 5.82 Å². The predicted molar refractivity (Wildman–Crippen MR) is 115 cm³/mol. The van der Waals surface area contributed by atoms with Crippen molar-refractivity contribution < 1.29 is 9.59 Å². The maximum absolute atomic E-state index is 12.8. The first-order valence-corrected chi connectivity index (χ1v) is 11.5. The minimum atomic E-state index is -0.211. The van der Waals surface area contributed by atoms with E-state index >= 15 is 0 Å². The maximum Gasteiger partial charge on any atom is 0.263 e. The summed E-state index contributed by atoms with van der Waals surface area (Å²) in [6.07, 6.45) is 3.30. The number of carbonyl (C=O) groups excluding carboxylic acids is 2. The SMILES string of the molecule is O=C(Nc1ccnn1Cc1cc(Br)cs1)[C@@H]1CCCN(C(=O)c2cccs2)C1. The summed E-state index contributed by atoms with van der Waals surface area (Å²) < 4.78 is 2.83. The van der Waals surface area contributed by atoms with Crippen molar-refractivity contribution in [3.63, 3.8) is 0 Å². The van der Waals surface area contributed by atoms with Crippen LogP contribution in [0.2, 0.25) is 0 Å². The minimum Gasteiger partial charge on any atom is -0.337 e. The summed E-state index contributed by atoms with van der Waals surface area (Å²) in [5.74, 6) is 0.423. The zero-order valence-electron chi connectivity index (χ0n) is 15.0. The molecule has 1 fully saturated rings. The normalized spacial score (nSPS) is 16.9. The van der Waals surface area contributed by atoms with E-state index in [0.29, 0.717) is 25.5 Å². The second-order valence-corrected chi connectivity index (χ2v) is 9.52. The molecule has 146 valence electrons. The number of rotatable bonds is 5. The highest BCUT2D eigenvalue weighted by atomic mass is 79.9. The molecule has 0 radical (unpaired) electrons. The van der Waals surface area contributed by atoms with Gasteiger partial charge in [-0.05, 0) is 46.3 Å². The summed E-state index contributed by atoms with van der Waals surface area (Å²) in [5, 5.41) is 11.3. The number of thiophene rings is 2. The Morgan fingerprint density at radius 2 is 2.21 bits per heavy atom. The molecule has 1 aliphatic rings. The van der Waals surface area contributed by atoms with Crippen molar-refractivity contribution >= 4 is 56.2 Å². The van der Waals surface area contributed by atoms with Crippen molar-refractivity contribution in [3.8, 4) is 0 Å². The Balaban J connectivity index is 1.40. The number of halogens is 1. The van der Waals surface area contributed by atoms with Gasteiger partial charge in [-0.2, -0.15) is 5.10 Å². The molecule has 3 aromatic heterocycles. The van der Waals surface area contributed by atoms with Crippen molar-refractivity contribution in [2.45, 2.75) is 19.4 Å². The zero-order chi connectivity index (χ0) is 19.5. The first-order valence-electron chi connectivity index (χ1n) is 8.98. The molecule has 0 saturated carbocycles. The van der Waals surface area contributed by atoms with E-state index in [0.717, 1.165) is 27.1 Å². The van der Waals surface area contributed by atoms with Crippen LogP contribution in [-0.2, 0) is 11.3 Å². The van der Waals surface area contributed by atoms with Crippen molar-refractivity contribution in [1.29, 1.82) is 0 Å². The Labute approximate surface area is 179 Å². The fourth-order valence-electron chi connectivity index (χ4n) is 3.31. The molecule has 9 heteroatoms. The highest BCUT2D eigenvalue weighted by Gasteiger charge is 2.29. The van der Waals surface area contributed by atoms with Crippen LogP contribution < -0.4 is 5.32 Å². The van der Waals surface area contributed by atoms with E-state index in [1.165, 1.54) is 11.3 Å². The van der Waals surface area contributed by atoms with Gasteiger partial charge in [0.1, 0.15) is 5.82 Å². The molecular formula is C19H19BrN4O2S2. The molecule has 0 bridgehead atoms. The number of anilines is 1. The van der Waals surface area contributed by atoms with E-state index < -0.39 is 0 Å². The lowest BCUT2D eigenvalue weighted by atomic mass is 9.97. The van der Waals surface area contributed by atoms with Gasteiger partial charge in [0.15, 0.2) is 0 Å². The minimum absolute atomic E-state index is 0.0146. The summed E-state index contributed by atoms with van der Waals surface area (Å²) in [6.45, 7) is 1.76. The zero-order valence-corrected chi connectivity index (χ0v) is 18.2. The van der Waals surface area contributed by atoms with E-state index in [1.54, 1.807) is 33.2 Å².